The molecule has 0 heterocycles. The highest BCUT2D eigenvalue weighted by atomic mass is 31.2. The molecule has 0 amide bonds. The lowest BCUT2D eigenvalue weighted by Crippen LogP contribution is -2.42. The van der Waals surface area contributed by atoms with Gasteiger partial charge in [0.25, 0.3) is 0 Å². The molecule has 0 unspecified atom stereocenters. The first-order chi connectivity index (χ1) is 8.47. The van der Waals surface area contributed by atoms with Crippen LogP contribution in [0.4, 0.5) is 43.9 Å². The fraction of sp³-hybridized carbons (Fsp3) is 1.00. The minimum Gasteiger partial charge on any atom is -0.290 e. The highest BCUT2D eigenvalue weighted by Crippen LogP contribution is 2.60. The van der Waals surface area contributed by atoms with Gasteiger partial charge >= 0.3 is 32.4 Å². The Morgan fingerprint density at radius 3 is 1.10 bits per heavy atom. The molecule has 0 aliphatic heterocycles. The van der Waals surface area contributed by atoms with Crippen molar-refractivity contribution >= 4 is 7.82 Å². The van der Waals surface area contributed by atoms with Crippen molar-refractivity contribution in [2.75, 3.05) is 7.11 Å². The standard InChI is InChI=1S/C5H3F10O4P/c1-17-20(16,18-4(12,13)2(6,7)8)19-5(14,15)3(9,10)11/h1H3. The van der Waals surface area contributed by atoms with Crippen LogP contribution in [-0.4, -0.2) is 31.7 Å². The van der Waals surface area contributed by atoms with Gasteiger partial charge in [0, 0.05) is 7.11 Å². The quantitative estimate of drug-likeness (QED) is 0.555. The molecule has 0 spiro atoms. The van der Waals surface area contributed by atoms with Crippen LogP contribution >= 0.6 is 7.82 Å². The normalized spacial score (nSPS) is 15.6. The summed E-state index contributed by atoms with van der Waals surface area (Å²) in [5.74, 6) is 0. The average Bonchev–Trinajstić information content (AvgIpc) is 2.11. The van der Waals surface area contributed by atoms with Gasteiger partial charge in [0.05, 0.1) is 0 Å². The SMILES string of the molecule is COP(=O)(OC(F)(F)C(F)(F)F)OC(F)(F)C(F)(F)F. The number of rotatable bonds is 5. The Kier molecular flexibility index (Phi) is 5.16. The van der Waals surface area contributed by atoms with Crippen molar-refractivity contribution in [3.8, 4) is 0 Å². The molecule has 0 fully saturated rings. The van der Waals surface area contributed by atoms with E-state index in [0.29, 0.717) is 0 Å². The van der Waals surface area contributed by atoms with E-state index in [-0.39, 0.29) is 7.11 Å². The van der Waals surface area contributed by atoms with Crippen LogP contribution in [0.25, 0.3) is 0 Å². The summed E-state index contributed by atoms with van der Waals surface area (Å²) < 4.78 is 138. The van der Waals surface area contributed by atoms with E-state index in [1.54, 1.807) is 0 Å². The molecule has 0 aromatic rings. The van der Waals surface area contributed by atoms with E-state index in [1.165, 1.54) is 0 Å². The summed E-state index contributed by atoms with van der Waals surface area (Å²) in [6, 6.07) is 0. The second-order valence-electron chi connectivity index (χ2n) is 2.84. The fourth-order valence-electron chi connectivity index (χ4n) is 0.478. The molecule has 0 atom stereocenters. The van der Waals surface area contributed by atoms with Crippen LogP contribution in [0.1, 0.15) is 0 Å². The van der Waals surface area contributed by atoms with Gasteiger partial charge in [0.15, 0.2) is 0 Å². The zero-order valence-corrected chi connectivity index (χ0v) is 9.75. The Balaban J connectivity index is 5.32. The molecule has 4 nitrogen and oxygen atoms in total. The van der Waals surface area contributed by atoms with Crippen LogP contribution < -0.4 is 0 Å². The average molecular weight is 348 g/mol. The molecular formula is C5H3F10O4P. The molecule has 0 saturated heterocycles. The van der Waals surface area contributed by atoms with Crippen molar-refractivity contribution in [2.24, 2.45) is 0 Å². The third kappa shape index (κ3) is 4.46. The third-order valence-corrected chi connectivity index (χ3v) is 2.69. The van der Waals surface area contributed by atoms with Crippen LogP contribution in [0, 0.1) is 0 Å². The van der Waals surface area contributed by atoms with E-state index in [0.717, 1.165) is 0 Å². The summed E-state index contributed by atoms with van der Waals surface area (Å²) >= 11 is 0. The van der Waals surface area contributed by atoms with E-state index in [4.69, 9.17) is 0 Å². The largest absolute Gasteiger partial charge is 0.484 e. The van der Waals surface area contributed by atoms with Crippen molar-refractivity contribution in [3.63, 3.8) is 0 Å². The molecule has 0 saturated carbocycles. The van der Waals surface area contributed by atoms with E-state index in [2.05, 4.69) is 13.6 Å². The maximum absolute atomic E-state index is 12.3. The molecule has 15 heteroatoms. The lowest BCUT2D eigenvalue weighted by Gasteiger charge is -2.27. The zero-order valence-electron chi connectivity index (χ0n) is 8.86. The van der Waals surface area contributed by atoms with Gasteiger partial charge in [-0.15, -0.1) is 0 Å². The van der Waals surface area contributed by atoms with Gasteiger partial charge in [-0.3, -0.25) is 4.52 Å². The summed E-state index contributed by atoms with van der Waals surface area (Å²) in [6.45, 7) is 0. The predicted molar refractivity (Wildman–Crippen MR) is 38.8 cm³/mol. The minimum atomic E-state index is -6.58. The summed E-state index contributed by atoms with van der Waals surface area (Å²) in [4.78, 5) is 0. The first-order valence-corrected chi connectivity index (χ1v) is 5.40. The van der Waals surface area contributed by atoms with Gasteiger partial charge in [-0.1, -0.05) is 0 Å². The molecule has 0 rings (SSSR count). The van der Waals surface area contributed by atoms with E-state index < -0.39 is 32.4 Å². The molecule has 0 aromatic heterocycles. The second kappa shape index (κ2) is 5.31. The van der Waals surface area contributed by atoms with E-state index >= 15 is 0 Å². The molecule has 0 radical (unpaired) electrons. The van der Waals surface area contributed by atoms with Crippen molar-refractivity contribution < 1.29 is 62.0 Å². The van der Waals surface area contributed by atoms with Crippen LogP contribution in [0.5, 0.6) is 0 Å². The van der Waals surface area contributed by atoms with E-state index in [1.807, 2.05) is 0 Å². The monoisotopic (exact) mass is 348 g/mol. The highest BCUT2D eigenvalue weighted by molar-refractivity contribution is 7.48. The molecule has 20 heavy (non-hydrogen) atoms. The van der Waals surface area contributed by atoms with Gasteiger partial charge in [-0.25, -0.2) is 13.6 Å². The molecule has 0 N–H and O–H groups in total. The first kappa shape index (κ1) is 19.4. The Morgan fingerprint density at radius 2 is 0.950 bits per heavy atom. The predicted octanol–water partition coefficient (Wildman–Crippen LogP) is 4.08. The third-order valence-electron chi connectivity index (χ3n) is 1.34. The van der Waals surface area contributed by atoms with Crippen LogP contribution in [0.3, 0.4) is 0 Å². The Morgan fingerprint density at radius 1 is 0.700 bits per heavy atom. The summed E-state index contributed by atoms with van der Waals surface area (Å²) in [5.41, 5.74) is 0. The molecule has 122 valence electrons. The summed E-state index contributed by atoms with van der Waals surface area (Å²) in [5, 5.41) is 0. The maximum Gasteiger partial charge on any atom is 0.484 e. The Hall–Kier alpha value is -0.590. The lowest BCUT2D eigenvalue weighted by atomic mass is 10.6. The molecule has 0 aliphatic carbocycles. The first-order valence-electron chi connectivity index (χ1n) is 3.94. The van der Waals surface area contributed by atoms with Crippen molar-refractivity contribution in [2.45, 2.75) is 24.6 Å². The minimum absolute atomic E-state index is 0.0420. The fourth-order valence-corrected chi connectivity index (χ4v) is 1.43. The molecule has 0 aliphatic rings. The summed E-state index contributed by atoms with van der Waals surface area (Å²) in [7, 11) is -6.62. The zero-order chi connectivity index (χ0) is 16.6. The molecule has 0 bridgehead atoms. The van der Waals surface area contributed by atoms with Crippen molar-refractivity contribution in [3.05, 3.63) is 0 Å². The van der Waals surface area contributed by atoms with E-state index in [9.17, 15) is 48.5 Å². The Bertz CT molecular complexity index is 354. The van der Waals surface area contributed by atoms with Gasteiger partial charge in [-0.2, -0.15) is 43.9 Å². The van der Waals surface area contributed by atoms with Crippen LogP contribution in [0.15, 0.2) is 0 Å². The number of hydrogen-bond acceptors (Lipinski definition) is 4. The molecular weight excluding hydrogens is 345 g/mol. The van der Waals surface area contributed by atoms with Gasteiger partial charge in [-0.05, 0) is 0 Å². The number of hydrogen-bond donors (Lipinski definition) is 0. The van der Waals surface area contributed by atoms with Gasteiger partial charge in [0.1, 0.15) is 0 Å². The van der Waals surface area contributed by atoms with Gasteiger partial charge < -0.3 is 0 Å². The highest BCUT2D eigenvalue weighted by Gasteiger charge is 2.68. The van der Waals surface area contributed by atoms with Crippen molar-refractivity contribution in [1.82, 2.24) is 0 Å². The number of phosphoric ester groups is 1. The number of phosphoric acid groups is 1. The van der Waals surface area contributed by atoms with Crippen LogP contribution in [-0.2, 0) is 18.1 Å². The lowest BCUT2D eigenvalue weighted by molar-refractivity contribution is -0.386. The van der Waals surface area contributed by atoms with Crippen LogP contribution in [0.2, 0.25) is 0 Å². The second-order valence-corrected chi connectivity index (χ2v) is 4.47. The number of alkyl halides is 10. The number of halogens is 10. The van der Waals surface area contributed by atoms with Gasteiger partial charge in [0.2, 0.25) is 0 Å². The Labute approximate surface area is 103 Å². The topological polar surface area (TPSA) is 44.8 Å². The molecule has 0 aromatic carbocycles. The summed E-state index contributed by atoms with van der Waals surface area (Å²) in [6.07, 6.45) is -25.8. The van der Waals surface area contributed by atoms with Crippen molar-refractivity contribution in [1.29, 1.82) is 0 Å². The maximum atomic E-state index is 12.3. The smallest absolute Gasteiger partial charge is 0.290 e.